The van der Waals surface area contributed by atoms with E-state index in [1.54, 1.807) is 0 Å². The minimum Gasteiger partial charge on any atom is -0.324 e. The molecule has 0 aromatic rings. The smallest absolute Gasteiger partial charge is 0.324 e. The van der Waals surface area contributed by atoms with E-state index in [-0.39, 0.29) is 6.16 Å². The average molecular weight is 549 g/mol. The van der Waals surface area contributed by atoms with Crippen LogP contribution in [0.4, 0.5) is 0 Å². The maximum atomic E-state index is 10.8. The van der Waals surface area contributed by atoms with Crippen molar-refractivity contribution in [2.75, 3.05) is 11.9 Å². The maximum Gasteiger partial charge on any atom is 0.325 e. The third-order valence-electron chi connectivity index (χ3n) is 7.61. The molecule has 0 heterocycles. The third kappa shape index (κ3) is 34.5. The van der Waals surface area contributed by atoms with E-state index in [0.717, 1.165) is 18.6 Å². The molecule has 0 bridgehead atoms. The van der Waals surface area contributed by atoms with Gasteiger partial charge in [0.2, 0.25) is 0 Å². The molecule has 0 saturated heterocycles. The van der Waals surface area contributed by atoms with E-state index in [9.17, 15) is 4.57 Å². The molecule has 0 radical (unpaired) electrons. The van der Waals surface area contributed by atoms with Gasteiger partial charge in [-0.3, -0.25) is 4.57 Å². The zero-order chi connectivity index (χ0) is 26.4. The van der Waals surface area contributed by atoms with Gasteiger partial charge in [-0.15, -0.1) is 0 Å². The average Bonchev–Trinajstić information content (AvgIpc) is 2.84. The molecule has 5 heteroatoms. The molecule has 0 fully saturated rings. The van der Waals surface area contributed by atoms with Gasteiger partial charge in [-0.25, -0.2) is 0 Å². The van der Waals surface area contributed by atoms with Crippen molar-refractivity contribution >= 4 is 20.2 Å². The molecule has 3 nitrogen and oxygen atoms in total. The van der Waals surface area contributed by atoms with Gasteiger partial charge in [0, 0.05) is 6.16 Å². The lowest BCUT2D eigenvalue weighted by molar-refractivity contribution is 0.370. The lowest BCUT2D eigenvalue weighted by Gasteiger charge is -2.05. The molecular weight excluding hydrogens is 483 g/mol. The number of thiol groups is 1. The number of unbranched alkanes of at least 4 members (excludes halogenated alkanes) is 28. The minimum absolute atomic E-state index is 0.0608. The molecule has 2 N–H and O–H groups in total. The Bertz CT molecular complexity index is 455. The summed E-state index contributed by atoms with van der Waals surface area (Å²) in [6, 6.07) is 0. The van der Waals surface area contributed by atoms with Crippen LogP contribution in [0.5, 0.6) is 0 Å². The predicted molar refractivity (Wildman–Crippen MR) is 165 cm³/mol. The zero-order valence-corrected chi connectivity index (χ0v) is 25.9. The van der Waals surface area contributed by atoms with Gasteiger partial charge in [0.15, 0.2) is 0 Å². The Kier molecular flexibility index (Phi) is 30.5. The van der Waals surface area contributed by atoms with Gasteiger partial charge in [0.05, 0.1) is 0 Å². The van der Waals surface area contributed by atoms with Crippen LogP contribution in [0.2, 0.25) is 0 Å². The van der Waals surface area contributed by atoms with Gasteiger partial charge >= 0.3 is 7.60 Å². The predicted octanol–water partition coefficient (Wildman–Crippen LogP) is 11.4. The van der Waals surface area contributed by atoms with Crippen molar-refractivity contribution in [2.45, 2.75) is 186 Å². The van der Waals surface area contributed by atoms with Crippen molar-refractivity contribution in [3.05, 3.63) is 0 Å². The fourth-order valence-electron chi connectivity index (χ4n) is 5.20. The molecule has 0 rings (SSSR count). The van der Waals surface area contributed by atoms with E-state index in [1.165, 1.54) is 167 Å². The molecule has 0 unspecified atom stereocenters. The van der Waals surface area contributed by atoms with Crippen LogP contribution in [0.15, 0.2) is 0 Å². The molecular formula is C31H65O3PS. The standard InChI is InChI=1S/C31H65O3PS/c32-35(33,34)30-28-26-24-22-20-18-16-14-12-10-8-6-4-2-1-3-5-7-9-11-13-15-17-19-21-23-25-27-29-31-36/h36H,1-31H2,(H2,32,33,34). The second-order valence-corrected chi connectivity index (χ2v) is 13.6. The van der Waals surface area contributed by atoms with Gasteiger partial charge in [0.1, 0.15) is 0 Å². The Morgan fingerprint density at radius 2 is 0.500 bits per heavy atom. The van der Waals surface area contributed by atoms with E-state index in [0.29, 0.717) is 6.42 Å². The number of rotatable bonds is 31. The number of hydrogen-bond acceptors (Lipinski definition) is 2. The summed E-state index contributed by atoms with van der Waals surface area (Å²) in [6.07, 6.45) is 39.5. The number of hydrogen-bond donors (Lipinski definition) is 3. The van der Waals surface area contributed by atoms with E-state index in [2.05, 4.69) is 12.6 Å². The second-order valence-electron chi connectivity index (χ2n) is 11.4. The first kappa shape index (κ1) is 36.5. The largest absolute Gasteiger partial charge is 0.325 e. The first-order valence-corrected chi connectivity index (χ1v) is 18.6. The van der Waals surface area contributed by atoms with Crippen molar-refractivity contribution in [2.24, 2.45) is 0 Å². The van der Waals surface area contributed by atoms with Crippen molar-refractivity contribution in [1.82, 2.24) is 0 Å². The van der Waals surface area contributed by atoms with Crippen LogP contribution in [0, 0.1) is 0 Å². The lowest BCUT2D eigenvalue weighted by Crippen LogP contribution is -1.88. The quantitative estimate of drug-likeness (QED) is 0.0458. The van der Waals surface area contributed by atoms with E-state index in [4.69, 9.17) is 9.79 Å². The molecule has 0 aromatic carbocycles. The SMILES string of the molecule is O=P(O)(O)CCCCCCCCCCCCCCCCCCCCCCCCCCCCCCCS. The molecule has 0 aliphatic heterocycles. The Morgan fingerprint density at radius 3 is 0.667 bits per heavy atom. The fourth-order valence-corrected chi connectivity index (χ4v) is 6.06. The normalized spacial score (nSPS) is 12.0. The third-order valence-corrected chi connectivity index (χ3v) is 8.82. The summed E-state index contributed by atoms with van der Waals surface area (Å²) in [5, 5.41) is 0. The van der Waals surface area contributed by atoms with Crippen molar-refractivity contribution in [3.63, 3.8) is 0 Å². The highest BCUT2D eigenvalue weighted by molar-refractivity contribution is 7.80. The molecule has 0 aliphatic carbocycles. The van der Waals surface area contributed by atoms with Gasteiger partial charge in [-0.2, -0.15) is 12.6 Å². The Morgan fingerprint density at radius 1 is 0.333 bits per heavy atom. The minimum atomic E-state index is -3.77. The van der Waals surface area contributed by atoms with Crippen molar-refractivity contribution in [3.8, 4) is 0 Å². The Labute approximate surface area is 232 Å². The molecule has 0 aromatic heterocycles. The first-order valence-electron chi connectivity index (χ1n) is 16.2. The molecule has 0 saturated carbocycles. The summed E-state index contributed by atoms with van der Waals surface area (Å²) in [5.74, 6) is 1.06. The van der Waals surface area contributed by atoms with Crippen LogP contribution in [0.1, 0.15) is 186 Å². The highest BCUT2D eigenvalue weighted by Gasteiger charge is 2.10. The first-order chi connectivity index (χ1) is 17.6. The molecule has 0 spiro atoms. The summed E-state index contributed by atoms with van der Waals surface area (Å²) >= 11 is 4.27. The summed E-state index contributed by atoms with van der Waals surface area (Å²) in [5.41, 5.74) is 0. The monoisotopic (exact) mass is 548 g/mol. The summed E-state index contributed by atoms with van der Waals surface area (Å²) in [6.45, 7) is 0. The zero-order valence-electron chi connectivity index (χ0n) is 24.1. The molecule has 0 amide bonds. The molecule has 0 aliphatic rings. The van der Waals surface area contributed by atoms with Gasteiger partial charge in [-0.1, -0.05) is 173 Å². The van der Waals surface area contributed by atoms with Crippen LogP contribution in [0.25, 0.3) is 0 Å². The topological polar surface area (TPSA) is 57.5 Å². The molecule has 218 valence electrons. The molecule has 36 heavy (non-hydrogen) atoms. The van der Waals surface area contributed by atoms with Gasteiger partial charge < -0.3 is 9.79 Å². The summed E-state index contributed by atoms with van der Waals surface area (Å²) < 4.78 is 10.8. The molecule has 0 atom stereocenters. The van der Waals surface area contributed by atoms with Crippen LogP contribution in [-0.2, 0) is 4.57 Å². The van der Waals surface area contributed by atoms with Crippen LogP contribution >= 0.6 is 20.2 Å². The Hall–Kier alpha value is 0.500. The summed E-state index contributed by atoms with van der Waals surface area (Å²) in [4.78, 5) is 17.7. The fraction of sp³-hybridized carbons (Fsp3) is 1.00. The highest BCUT2D eigenvalue weighted by Crippen LogP contribution is 2.35. The van der Waals surface area contributed by atoms with Crippen LogP contribution < -0.4 is 0 Å². The van der Waals surface area contributed by atoms with E-state index >= 15 is 0 Å². The van der Waals surface area contributed by atoms with E-state index in [1.807, 2.05) is 0 Å². The van der Waals surface area contributed by atoms with Gasteiger partial charge in [0.25, 0.3) is 0 Å². The highest BCUT2D eigenvalue weighted by atomic mass is 32.1. The van der Waals surface area contributed by atoms with Crippen molar-refractivity contribution in [1.29, 1.82) is 0 Å². The maximum absolute atomic E-state index is 10.8. The van der Waals surface area contributed by atoms with Crippen LogP contribution in [0.3, 0.4) is 0 Å². The second kappa shape index (κ2) is 30.0. The lowest BCUT2D eigenvalue weighted by atomic mass is 10.0. The van der Waals surface area contributed by atoms with E-state index < -0.39 is 7.60 Å². The van der Waals surface area contributed by atoms with Crippen molar-refractivity contribution < 1.29 is 14.4 Å². The van der Waals surface area contributed by atoms with Gasteiger partial charge in [-0.05, 0) is 18.6 Å². The Balaban J connectivity index is 3.04. The van der Waals surface area contributed by atoms with Crippen LogP contribution in [-0.4, -0.2) is 21.7 Å². The summed E-state index contributed by atoms with van der Waals surface area (Å²) in [7, 11) is -3.77.